The van der Waals surface area contributed by atoms with Crippen LogP contribution in [-0.2, 0) is 4.79 Å². The summed E-state index contributed by atoms with van der Waals surface area (Å²) in [5, 5.41) is 3.45. The van der Waals surface area contributed by atoms with Gasteiger partial charge in [-0.25, -0.2) is 4.98 Å². The summed E-state index contributed by atoms with van der Waals surface area (Å²) >= 11 is 0. The average molecular weight is 408 g/mol. The summed E-state index contributed by atoms with van der Waals surface area (Å²) < 4.78 is 0. The van der Waals surface area contributed by atoms with E-state index >= 15 is 0 Å². The second-order valence-electron chi connectivity index (χ2n) is 8.73. The van der Waals surface area contributed by atoms with E-state index in [1.807, 2.05) is 19.2 Å². The monoisotopic (exact) mass is 407 g/mol. The van der Waals surface area contributed by atoms with Gasteiger partial charge in [-0.1, -0.05) is 6.07 Å². The summed E-state index contributed by atoms with van der Waals surface area (Å²) in [6.45, 7) is 8.40. The molecule has 0 radical (unpaired) electrons. The van der Waals surface area contributed by atoms with Crippen LogP contribution in [0.15, 0.2) is 30.5 Å². The molecule has 0 unspecified atom stereocenters. The van der Waals surface area contributed by atoms with Crippen LogP contribution in [0.25, 0.3) is 0 Å². The quantitative estimate of drug-likeness (QED) is 0.811. The number of aryl methyl sites for hydroxylation is 2. The number of pyridine rings is 2. The van der Waals surface area contributed by atoms with E-state index in [-0.39, 0.29) is 0 Å². The van der Waals surface area contributed by atoms with Gasteiger partial charge in [-0.15, -0.1) is 0 Å². The van der Waals surface area contributed by atoms with Crippen LogP contribution in [0.2, 0.25) is 0 Å². The molecule has 160 valence electrons. The molecule has 1 N–H and O–H groups in total. The normalized spacial score (nSPS) is 20.2. The minimum Gasteiger partial charge on any atom is -0.342 e. The third kappa shape index (κ3) is 5.17. The predicted octanol–water partition coefficient (Wildman–Crippen LogP) is 4.03. The highest BCUT2D eigenvalue weighted by Gasteiger charge is 2.26. The fourth-order valence-electron chi connectivity index (χ4n) is 4.60. The van der Waals surface area contributed by atoms with Crippen molar-refractivity contribution in [1.29, 1.82) is 0 Å². The Labute approximate surface area is 179 Å². The van der Waals surface area contributed by atoms with E-state index in [1.54, 1.807) is 0 Å². The summed E-state index contributed by atoms with van der Waals surface area (Å²) in [5.41, 5.74) is 4.26. The molecule has 0 saturated carbocycles. The molecule has 2 aromatic rings. The van der Waals surface area contributed by atoms with Crippen LogP contribution in [-0.4, -0.2) is 58.4 Å². The molecule has 0 aliphatic carbocycles. The van der Waals surface area contributed by atoms with Crippen LogP contribution in [0.3, 0.4) is 0 Å². The van der Waals surface area contributed by atoms with Crippen molar-refractivity contribution in [2.45, 2.75) is 51.9 Å². The summed E-state index contributed by atoms with van der Waals surface area (Å²) in [6, 6.07) is 8.23. The Morgan fingerprint density at radius 3 is 2.77 bits per heavy atom. The van der Waals surface area contributed by atoms with Crippen molar-refractivity contribution in [3.05, 3.63) is 47.4 Å². The van der Waals surface area contributed by atoms with Gasteiger partial charge in [-0.05, 0) is 76.3 Å². The number of carbonyl (C=O) groups excluding carboxylic acids is 1. The summed E-state index contributed by atoms with van der Waals surface area (Å²) in [5.74, 6) is 1.53. The third-order valence-corrected chi connectivity index (χ3v) is 6.24. The molecule has 1 atom stereocenters. The molecule has 30 heavy (non-hydrogen) atoms. The number of aromatic nitrogens is 2. The number of likely N-dealkylation sites (tertiary alicyclic amines) is 2. The summed E-state index contributed by atoms with van der Waals surface area (Å²) in [4.78, 5) is 26.4. The van der Waals surface area contributed by atoms with Crippen LogP contribution >= 0.6 is 0 Å². The lowest BCUT2D eigenvalue weighted by Gasteiger charge is -2.34. The highest BCUT2D eigenvalue weighted by Crippen LogP contribution is 2.29. The second-order valence-corrected chi connectivity index (χ2v) is 8.73. The summed E-state index contributed by atoms with van der Waals surface area (Å²) in [7, 11) is 0. The average Bonchev–Trinajstić information content (AvgIpc) is 2.76. The number of nitrogens with zero attached hydrogens (tertiary/aromatic N) is 4. The van der Waals surface area contributed by atoms with E-state index in [0.717, 1.165) is 80.3 Å². The third-order valence-electron chi connectivity index (χ3n) is 6.24. The molecular formula is C24H33N5O. The maximum Gasteiger partial charge on any atom is 0.236 e. The highest BCUT2D eigenvalue weighted by molar-refractivity contribution is 5.78. The lowest BCUT2D eigenvalue weighted by Crippen LogP contribution is -2.45. The molecule has 2 aliphatic heterocycles. The van der Waals surface area contributed by atoms with Gasteiger partial charge in [0.2, 0.25) is 5.91 Å². The van der Waals surface area contributed by atoms with E-state index in [0.29, 0.717) is 18.4 Å². The van der Waals surface area contributed by atoms with Gasteiger partial charge in [-0.2, -0.15) is 0 Å². The Bertz CT molecular complexity index is 878. The molecule has 4 heterocycles. The Hall–Kier alpha value is -2.47. The molecule has 2 saturated heterocycles. The number of hydrogen-bond acceptors (Lipinski definition) is 5. The van der Waals surface area contributed by atoms with Crippen molar-refractivity contribution in [2.75, 3.05) is 38.0 Å². The fourth-order valence-corrected chi connectivity index (χ4v) is 4.60. The molecular weight excluding hydrogens is 374 g/mol. The van der Waals surface area contributed by atoms with Crippen molar-refractivity contribution in [3.63, 3.8) is 0 Å². The first-order chi connectivity index (χ1) is 14.6. The van der Waals surface area contributed by atoms with Crippen LogP contribution in [0.4, 0.5) is 11.5 Å². The van der Waals surface area contributed by atoms with Crippen LogP contribution in [0.1, 0.15) is 55.0 Å². The second kappa shape index (κ2) is 9.56. The maximum atomic E-state index is 12.7. The maximum absolute atomic E-state index is 12.7. The molecule has 6 nitrogen and oxygen atoms in total. The van der Waals surface area contributed by atoms with E-state index in [2.05, 4.69) is 45.2 Å². The summed E-state index contributed by atoms with van der Waals surface area (Å²) in [6.07, 6.45) is 7.58. The van der Waals surface area contributed by atoms with Gasteiger partial charge in [-0.3, -0.25) is 14.7 Å². The number of rotatable bonds is 5. The zero-order valence-electron chi connectivity index (χ0n) is 18.2. The lowest BCUT2D eigenvalue weighted by atomic mass is 9.93. The Morgan fingerprint density at radius 2 is 1.97 bits per heavy atom. The van der Waals surface area contributed by atoms with Crippen molar-refractivity contribution in [1.82, 2.24) is 19.8 Å². The van der Waals surface area contributed by atoms with Gasteiger partial charge in [0.15, 0.2) is 0 Å². The van der Waals surface area contributed by atoms with E-state index < -0.39 is 0 Å². The van der Waals surface area contributed by atoms with E-state index in [1.165, 1.54) is 6.42 Å². The number of hydrogen-bond donors (Lipinski definition) is 1. The van der Waals surface area contributed by atoms with Gasteiger partial charge in [0, 0.05) is 48.8 Å². The highest BCUT2D eigenvalue weighted by atomic mass is 16.2. The molecule has 0 aromatic carbocycles. The predicted molar refractivity (Wildman–Crippen MR) is 120 cm³/mol. The number of piperidine rings is 2. The first-order valence-corrected chi connectivity index (χ1v) is 11.3. The van der Waals surface area contributed by atoms with Gasteiger partial charge in [0.25, 0.3) is 0 Å². The van der Waals surface area contributed by atoms with Crippen molar-refractivity contribution in [3.8, 4) is 0 Å². The fraction of sp³-hybridized carbons (Fsp3) is 0.542. The molecule has 4 rings (SSSR count). The zero-order chi connectivity index (χ0) is 20.9. The van der Waals surface area contributed by atoms with E-state index in [4.69, 9.17) is 4.98 Å². The van der Waals surface area contributed by atoms with Crippen molar-refractivity contribution >= 4 is 17.4 Å². The largest absolute Gasteiger partial charge is 0.342 e. The molecule has 2 aromatic heterocycles. The number of anilines is 2. The molecule has 2 fully saturated rings. The number of amides is 1. The topological polar surface area (TPSA) is 61.4 Å². The van der Waals surface area contributed by atoms with Crippen molar-refractivity contribution < 1.29 is 4.79 Å². The minimum absolute atomic E-state index is 0.292. The van der Waals surface area contributed by atoms with Gasteiger partial charge in [0.05, 0.1) is 6.54 Å². The first kappa shape index (κ1) is 20.8. The smallest absolute Gasteiger partial charge is 0.236 e. The molecule has 0 bridgehead atoms. The van der Waals surface area contributed by atoms with E-state index in [9.17, 15) is 4.79 Å². The molecule has 0 spiro atoms. The number of carbonyl (C=O) groups is 1. The Morgan fingerprint density at radius 1 is 1.13 bits per heavy atom. The van der Waals surface area contributed by atoms with Gasteiger partial charge >= 0.3 is 0 Å². The molecule has 1 amide bonds. The Balaban J connectivity index is 1.43. The van der Waals surface area contributed by atoms with Crippen LogP contribution in [0, 0.1) is 13.8 Å². The van der Waals surface area contributed by atoms with Crippen molar-refractivity contribution in [2.24, 2.45) is 0 Å². The molecule has 6 heteroatoms. The van der Waals surface area contributed by atoms with Gasteiger partial charge < -0.3 is 10.2 Å². The molecule has 2 aliphatic rings. The minimum atomic E-state index is 0.292. The van der Waals surface area contributed by atoms with Crippen LogP contribution < -0.4 is 5.32 Å². The van der Waals surface area contributed by atoms with Crippen LogP contribution in [0.5, 0.6) is 0 Å². The lowest BCUT2D eigenvalue weighted by molar-refractivity contribution is -0.133. The zero-order valence-corrected chi connectivity index (χ0v) is 18.2. The van der Waals surface area contributed by atoms with Gasteiger partial charge in [0.1, 0.15) is 5.82 Å². The SMILES string of the molecule is Cc1cc(Nc2ncccc2C)cc([C@H]2CCCN(CC(=O)N3CCCCC3)C2)n1. The number of nitrogens with one attached hydrogen (secondary N) is 1. The standard InChI is InChI=1S/C24H33N5O/c1-18-8-6-10-25-24(18)27-21-14-19(2)26-22(15-21)20-9-7-11-28(16-20)17-23(30)29-12-4-3-5-13-29/h6,8,10,14-15,20H,3-5,7,9,11-13,16-17H2,1-2H3,(H,25,26,27)/t20-/m0/s1. The Kier molecular flexibility index (Phi) is 6.62. The first-order valence-electron chi connectivity index (χ1n) is 11.3.